The number of ether oxygens (including phenoxy) is 2. The van der Waals surface area contributed by atoms with Crippen LogP contribution in [0.1, 0.15) is 39.2 Å². The number of amides is 1. The summed E-state index contributed by atoms with van der Waals surface area (Å²) in [6.07, 6.45) is 0.553. The maximum absolute atomic E-state index is 12.3. The molecular weight excluding hydrogens is 374 g/mol. The van der Waals surface area contributed by atoms with E-state index < -0.39 is 33.8 Å². The fourth-order valence-corrected chi connectivity index (χ4v) is 2.45. The van der Waals surface area contributed by atoms with Gasteiger partial charge in [0, 0.05) is 0 Å². The normalized spacial score (nSPS) is 12.9. The minimum absolute atomic E-state index is 0.0604. The van der Waals surface area contributed by atoms with Gasteiger partial charge in [-0.15, -0.1) is 0 Å². The topological polar surface area (TPSA) is 108 Å². The van der Waals surface area contributed by atoms with Crippen molar-refractivity contribution in [2.24, 2.45) is 0 Å². The van der Waals surface area contributed by atoms with E-state index in [0.29, 0.717) is 0 Å². The van der Waals surface area contributed by atoms with Gasteiger partial charge in [-0.3, -0.25) is 4.18 Å². The fourth-order valence-electron chi connectivity index (χ4n) is 2.03. The molecule has 0 bridgehead atoms. The quantitative estimate of drug-likeness (QED) is 0.384. The standard InChI is InChI=1S/C18H27NO7S/c1-18(2,3)26-16(20)15(11-8-12-25-27(4,22)23)19-17(21)24-13-14-9-6-5-7-10-14/h5-7,9-10,15H,8,11-13H2,1-4H3,(H,19,21)/t15-/m1/s1. The molecule has 0 aliphatic heterocycles. The summed E-state index contributed by atoms with van der Waals surface area (Å²) < 4.78 is 37.0. The maximum atomic E-state index is 12.3. The Balaban J connectivity index is 2.60. The number of hydrogen-bond donors (Lipinski definition) is 1. The Kier molecular flexibility index (Phi) is 8.71. The van der Waals surface area contributed by atoms with Crippen LogP contribution in [0.15, 0.2) is 30.3 Å². The van der Waals surface area contributed by atoms with Gasteiger partial charge in [0.15, 0.2) is 0 Å². The lowest BCUT2D eigenvalue weighted by molar-refractivity contribution is -0.157. The highest BCUT2D eigenvalue weighted by Crippen LogP contribution is 2.11. The molecule has 8 nitrogen and oxygen atoms in total. The molecule has 9 heteroatoms. The van der Waals surface area contributed by atoms with Crippen LogP contribution in [0.4, 0.5) is 4.79 Å². The zero-order chi connectivity index (χ0) is 20.5. The first-order chi connectivity index (χ1) is 12.5. The Morgan fingerprint density at radius 3 is 2.33 bits per heavy atom. The van der Waals surface area contributed by atoms with Gasteiger partial charge in [0.25, 0.3) is 10.1 Å². The van der Waals surface area contributed by atoms with Crippen molar-refractivity contribution in [3.8, 4) is 0 Å². The van der Waals surface area contributed by atoms with E-state index in [4.69, 9.17) is 9.47 Å². The Morgan fingerprint density at radius 1 is 1.15 bits per heavy atom. The van der Waals surface area contributed by atoms with Crippen molar-refractivity contribution in [3.05, 3.63) is 35.9 Å². The average Bonchev–Trinajstić information content (AvgIpc) is 2.54. The summed E-state index contributed by atoms with van der Waals surface area (Å²) in [6.45, 7) is 5.09. The summed E-state index contributed by atoms with van der Waals surface area (Å²) in [5.74, 6) is -0.626. The van der Waals surface area contributed by atoms with Gasteiger partial charge in [-0.1, -0.05) is 30.3 Å². The van der Waals surface area contributed by atoms with E-state index in [1.807, 2.05) is 18.2 Å². The predicted molar refractivity (Wildman–Crippen MR) is 99.4 cm³/mol. The molecule has 0 aromatic heterocycles. The number of esters is 1. The molecule has 1 rings (SSSR count). The summed E-state index contributed by atoms with van der Waals surface area (Å²) in [4.78, 5) is 24.3. The molecule has 0 unspecified atom stereocenters. The maximum Gasteiger partial charge on any atom is 0.408 e. The van der Waals surface area contributed by atoms with Gasteiger partial charge in [0.2, 0.25) is 0 Å². The van der Waals surface area contributed by atoms with Crippen molar-refractivity contribution in [2.75, 3.05) is 12.9 Å². The molecule has 0 saturated heterocycles. The first-order valence-corrected chi connectivity index (χ1v) is 10.3. The van der Waals surface area contributed by atoms with Crippen LogP contribution in [0.2, 0.25) is 0 Å². The highest BCUT2D eigenvalue weighted by molar-refractivity contribution is 7.85. The van der Waals surface area contributed by atoms with E-state index in [1.165, 1.54) is 0 Å². The van der Waals surface area contributed by atoms with Crippen LogP contribution in [-0.2, 0) is 35.2 Å². The van der Waals surface area contributed by atoms with Crippen LogP contribution in [0.5, 0.6) is 0 Å². The molecule has 1 aromatic rings. The Hall–Kier alpha value is -2.13. The number of alkyl carbamates (subject to hydrolysis) is 1. The zero-order valence-corrected chi connectivity index (χ0v) is 16.9. The number of benzene rings is 1. The second-order valence-corrected chi connectivity index (χ2v) is 8.60. The molecule has 0 heterocycles. The molecule has 27 heavy (non-hydrogen) atoms. The van der Waals surface area contributed by atoms with Crippen molar-refractivity contribution in [1.29, 1.82) is 0 Å². The lowest BCUT2D eigenvalue weighted by Gasteiger charge is -2.24. The molecule has 1 amide bonds. The van der Waals surface area contributed by atoms with Crippen molar-refractivity contribution in [2.45, 2.75) is 51.9 Å². The minimum atomic E-state index is -3.56. The van der Waals surface area contributed by atoms with Gasteiger partial charge in [-0.2, -0.15) is 8.42 Å². The van der Waals surface area contributed by atoms with E-state index in [1.54, 1.807) is 32.9 Å². The SMILES string of the molecule is CC(C)(C)OC(=O)[C@@H](CCCOS(C)(=O)=O)NC(=O)OCc1ccccc1. The third kappa shape index (κ3) is 11.2. The van der Waals surface area contributed by atoms with Gasteiger partial charge in [-0.05, 0) is 39.2 Å². The minimum Gasteiger partial charge on any atom is -0.458 e. The molecule has 0 spiro atoms. The molecule has 0 radical (unpaired) electrons. The van der Waals surface area contributed by atoms with Crippen LogP contribution in [0, 0.1) is 0 Å². The Bertz CT molecular complexity index is 711. The molecule has 0 saturated carbocycles. The lowest BCUT2D eigenvalue weighted by Crippen LogP contribution is -2.44. The highest BCUT2D eigenvalue weighted by atomic mass is 32.2. The van der Waals surface area contributed by atoms with Crippen LogP contribution in [-0.4, -0.2) is 45.0 Å². The van der Waals surface area contributed by atoms with Gasteiger partial charge < -0.3 is 14.8 Å². The van der Waals surface area contributed by atoms with E-state index in [-0.39, 0.29) is 26.1 Å². The smallest absolute Gasteiger partial charge is 0.408 e. The number of nitrogens with one attached hydrogen (secondary N) is 1. The van der Waals surface area contributed by atoms with Crippen LogP contribution < -0.4 is 5.32 Å². The number of rotatable bonds is 9. The van der Waals surface area contributed by atoms with Crippen LogP contribution in [0.3, 0.4) is 0 Å². The van der Waals surface area contributed by atoms with Crippen LogP contribution in [0.25, 0.3) is 0 Å². The molecule has 0 fully saturated rings. The van der Waals surface area contributed by atoms with Crippen LogP contribution >= 0.6 is 0 Å². The Labute approximate surface area is 160 Å². The second kappa shape index (κ2) is 10.3. The van der Waals surface area contributed by atoms with Crippen molar-refractivity contribution >= 4 is 22.2 Å². The van der Waals surface area contributed by atoms with E-state index in [2.05, 4.69) is 9.50 Å². The third-order valence-electron chi connectivity index (χ3n) is 3.13. The third-order valence-corrected chi connectivity index (χ3v) is 3.73. The first-order valence-electron chi connectivity index (χ1n) is 8.51. The fraction of sp³-hybridized carbons (Fsp3) is 0.556. The number of hydrogen-bond acceptors (Lipinski definition) is 7. The van der Waals surface area contributed by atoms with Gasteiger partial charge in [0.05, 0.1) is 12.9 Å². The summed E-state index contributed by atoms with van der Waals surface area (Å²) in [5, 5.41) is 2.47. The van der Waals surface area contributed by atoms with Gasteiger partial charge in [-0.25, -0.2) is 9.59 Å². The number of carbonyl (C=O) groups excluding carboxylic acids is 2. The lowest BCUT2D eigenvalue weighted by atomic mass is 10.1. The first kappa shape index (κ1) is 22.9. The van der Waals surface area contributed by atoms with Crippen molar-refractivity contribution in [1.82, 2.24) is 5.32 Å². The van der Waals surface area contributed by atoms with Gasteiger partial charge in [0.1, 0.15) is 18.2 Å². The van der Waals surface area contributed by atoms with E-state index >= 15 is 0 Å². The predicted octanol–water partition coefficient (Wildman–Crippen LogP) is 2.38. The highest BCUT2D eigenvalue weighted by Gasteiger charge is 2.27. The summed E-state index contributed by atoms with van der Waals surface area (Å²) >= 11 is 0. The number of carbonyl (C=O) groups is 2. The summed E-state index contributed by atoms with van der Waals surface area (Å²) in [7, 11) is -3.56. The van der Waals surface area contributed by atoms with Gasteiger partial charge >= 0.3 is 12.1 Å². The molecule has 1 atom stereocenters. The molecule has 1 aromatic carbocycles. The molecule has 152 valence electrons. The zero-order valence-electron chi connectivity index (χ0n) is 16.1. The molecule has 0 aliphatic carbocycles. The van der Waals surface area contributed by atoms with E-state index in [9.17, 15) is 18.0 Å². The average molecular weight is 401 g/mol. The molecule has 0 aliphatic rings. The van der Waals surface area contributed by atoms with Crippen molar-refractivity contribution in [3.63, 3.8) is 0 Å². The molecular formula is C18H27NO7S. The second-order valence-electron chi connectivity index (χ2n) is 6.96. The summed E-state index contributed by atoms with van der Waals surface area (Å²) in [6, 6.07) is 8.13. The Morgan fingerprint density at radius 2 is 1.78 bits per heavy atom. The molecule has 1 N–H and O–H groups in total. The monoisotopic (exact) mass is 401 g/mol. The summed E-state index contributed by atoms with van der Waals surface area (Å²) in [5.41, 5.74) is 0.0804. The van der Waals surface area contributed by atoms with Crippen molar-refractivity contribution < 1.29 is 31.7 Å². The largest absolute Gasteiger partial charge is 0.458 e. The van der Waals surface area contributed by atoms with E-state index in [0.717, 1.165) is 11.8 Å².